The third-order valence-electron chi connectivity index (χ3n) is 7.67. The van der Waals surface area contributed by atoms with E-state index in [1.807, 2.05) is 42.5 Å². The highest BCUT2D eigenvalue weighted by atomic mass is 17.2. The van der Waals surface area contributed by atoms with E-state index in [9.17, 15) is 14.7 Å². The zero-order valence-corrected chi connectivity index (χ0v) is 28.3. The number of rotatable bonds is 21. The third kappa shape index (κ3) is 13.1. The molecule has 0 heterocycles. The fourth-order valence-electron chi connectivity index (χ4n) is 4.88. The zero-order valence-electron chi connectivity index (χ0n) is 28.3. The molecule has 1 aliphatic rings. The molecule has 0 saturated carbocycles. The normalized spacial score (nSPS) is 12.8. The molecule has 1 aliphatic carbocycles. The van der Waals surface area contributed by atoms with Crippen LogP contribution in [0, 0.1) is 0 Å². The molecular weight excluding hydrogens is 640 g/mol. The Balaban J connectivity index is 1.17. The Bertz CT molecular complexity index is 1680. The molecule has 4 rings (SSSR count). The zero-order chi connectivity index (χ0) is 35.4. The van der Waals surface area contributed by atoms with Crippen LogP contribution in [0.2, 0.25) is 0 Å². The number of hydrogen-bond acceptors (Lipinski definition) is 10. The molecule has 3 aromatic carbocycles. The topological polar surface area (TPSA) is 119 Å². The molecule has 3 aromatic rings. The number of fused-ring (bicyclic) bond motifs is 1. The molecule has 0 fully saturated rings. The van der Waals surface area contributed by atoms with Crippen molar-refractivity contribution in [2.75, 3.05) is 33.7 Å². The molecule has 10 heteroatoms. The molecule has 0 aliphatic heterocycles. The lowest BCUT2D eigenvalue weighted by molar-refractivity contribution is -0.249. The van der Waals surface area contributed by atoms with Gasteiger partial charge in [-0.2, -0.15) is 4.89 Å². The van der Waals surface area contributed by atoms with Gasteiger partial charge < -0.3 is 33.7 Å². The van der Waals surface area contributed by atoms with Crippen molar-refractivity contribution in [1.82, 2.24) is 0 Å². The van der Waals surface area contributed by atoms with Gasteiger partial charge in [-0.25, -0.2) is 9.59 Å². The summed E-state index contributed by atoms with van der Waals surface area (Å²) in [4.78, 5) is 34.1. The van der Waals surface area contributed by atoms with Gasteiger partial charge in [-0.1, -0.05) is 36.6 Å². The lowest BCUT2D eigenvalue weighted by Crippen LogP contribution is -2.08. The largest absolute Gasteiger partial charge is 0.463 e. The minimum absolute atomic E-state index is 0.0331. The van der Waals surface area contributed by atoms with Gasteiger partial charge in [0.05, 0.1) is 24.9 Å². The van der Waals surface area contributed by atoms with Gasteiger partial charge in [0.15, 0.2) is 6.26 Å². The Morgan fingerprint density at radius 2 is 1.64 bits per heavy atom. The fraction of sp³-hybridized carbons (Fsp3) is 0.325. The van der Waals surface area contributed by atoms with E-state index in [0.29, 0.717) is 60.7 Å². The number of aliphatic hydroxyl groups excluding tert-OH is 1. The first-order valence-electron chi connectivity index (χ1n) is 16.6. The van der Waals surface area contributed by atoms with Crippen LogP contribution in [0.5, 0.6) is 11.5 Å². The van der Waals surface area contributed by atoms with E-state index in [4.69, 9.17) is 33.5 Å². The van der Waals surface area contributed by atoms with E-state index in [0.717, 1.165) is 48.3 Å². The highest BCUT2D eigenvalue weighted by Crippen LogP contribution is 2.25. The molecule has 1 atom stereocenters. The van der Waals surface area contributed by atoms with E-state index in [1.165, 1.54) is 6.26 Å². The predicted molar refractivity (Wildman–Crippen MR) is 188 cm³/mol. The number of methoxy groups -OCH3 is 1. The van der Waals surface area contributed by atoms with Crippen LogP contribution in [0.1, 0.15) is 67.0 Å². The summed E-state index contributed by atoms with van der Waals surface area (Å²) < 4.78 is 27.1. The van der Waals surface area contributed by atoms with Gasteiger partial charge in [0.25, 0.3) is 0 Å². The van der Waals surface area contributed by atoms with Crippen molar-refractivity contribution >= 4 is 22.7 Å². The highest BCUT2D eigenvalue weighted by molar-refractivity contribution is 5.96. The van der Waals surface area contributed by atoms with Gasteiger partial charge in [0, 0.05) is 31.8 Å². The summed E-state index contributed by atoms with van der Waals surface area (Å²) in [5, 5.41) is 12.2. The van der Waals surface area contributed by atoms with E-state index in [2.05, 4.69) is 12.3 Å². The van der Waals surface area contributed by atoms with Crippen molar-refractivity contribution in [3.8, 4) is 11.5 Å². The molecule has 0 amide bonds. The van der Waals surface area contributed by atoms with Crippen LogP contribution < -0.4 is 9.47 Å². The number of hydrogen-bond donors (Lipinski definition) is 1. The summed E-state index contributed by atoms with van der Waals surface area (Å²) in [5.41, 5.74) is 5.10. The average molecular weight is 685 g/mol. The van der Waals surface area contributed by atoms with Crippen LogP contribution in [-0.2, 0) is 28.8 Å². The maximum Gasteiger partial charge on any atom is 0.343 e. The summed E-state index contributed by atoms with van der Waals surface area (Å²) in [6.45, 7) is 4.95. The number of unbranched alkanes of at least 4 members (excludes halogenated alkanes) is 3. The molecule has 10 nitrogen and oxygen atoms in total. The van der Waals surface area contributed by atoms with E-state index in [-0.39, 0.29) is 13.4 Å². The van der Waals surface area contributed by atoms with Gasteiger partial charge >= 0.3 is 11.9 Å². The minimum Gasteiger partial charge on any atom is -0.463 e. The molecule has 0 spiro atoms. The molecule has 1 unspecified atom stereocenters. The molecule has 0 aromatic heterocycles. The van der Waals surface area contributed by atoms with Crippen LogP contribution in [-0.4, -0.2) is 50.8 Å². The number of carbonyl (C=O) groups is 2. The van der Waals surface area contributed by atoms with Crippen molar-refractivity contribution in [3.63, 3.8) is 0 Å². The first-order chi connectivity index (χ1) is 24.4. The maximum absolute atomic E-state index is 12.9. The van der Waals surface area contributed by atoms with Crippen molar-refractivity contribution < 1.29 is 48.2 Å². The highest BCUT2D eigenvalue weighted by Gasteiger charge is 2.12. The van der Waals surface area contributed by atoms with Gasteiger partial charge in [-0.15, -0.1) is 0 Å². The van der Waals surface area contributed by atoms with E-state index >= 15 is 0 Å². The van der Waals surface area contributed by atoms with Gasteiger partial charge in [0.2, 0.25) is 6.79 Å². The molecule has 0 saturated heterocycles. The molecule has 264 valence electrons. The third-order valence-corrected chi connectivity index (χ3v) is 7.67. The van der Waals surface area contributed by atoms with Crippen molar-refractivity contribution in [1.29, 1.82) is 0 Å². The van der Waals surface area contributed by atoms with Crippen LogP contribution in [0.15, 0.2) is 115 Å². The summed E-state index contributed by atoms with van der Waals surface area (Å²) in [6, 6.07) is 17.6. The first kappa shape index (κ1) is 37.7. The second kappa shape index (κ2) is 21.1. The minimum atomic E-state index is -0.677. The molecule has 50 heavy (non-hydrogen) atoms. The second-order valence-corrected chi connectivity index (χ2v) is 11.4. The lowest BCUT2D eigenvalue weighted by atomic mass is 10.0. The summed E-state index contributed by atoms with van der Waals surface area (Å²) >= 11 is 0. The van der Waals surface area contributed by atoms with E-state index < -0.39 is 18.0 Å². The fourth-order valence-corrected chi connectivity index (χ4v) is 4.88. The number of esters is 2. The lowest BCUT2D eigenvalue weighted by Gasteiger charge is -2.13. The number of allylic oxidation sites excluding steroid dienone is 4. The molecule has 0 radical (unpaired) electrons. The SMILES string of the molecule is C=CC(=O)OCCCCC(O)c1ccc(OC(=O)c2ccc3cc(OCOC4=CCC(=C=COOCCCCCOC)C=C4)ccc3c2)cc1. The van der Waals surface area contributed by atoms with Crippen LogP contribution >= 0.6 is 0 Å². The number of carbonyl (C=O) groups excluding carboxylic acids is 2. The number of benzene rings is 3. The van der Waals surface area contributed by atoms with Crippen LogP contribution in [0.25, 0.3) is 10.8 Å². The number of ether oxygens (including phenoxy) is 5. The summed E-state index contributed by atoms with van der Waals surface area (Å²) in [5.74, 6) is 0.751. The Kier molecular flexibility index (Phi) is 15.9. The number of aliphatic hydroxyl groups is 1. The quantitative estimate of drug-likeness (QED) is 0.0136. The Labute approximate surface area is 292 Å². The van der Waals surface area contributed by atoms with Gasteiger partial charge in [-0.05, 0) is 109 Å². The van der Waals surface area contributed by atoms with Crippen molar-refractivity contribution in [2.24, 2.45) is 0 Å². The molecule has 1 N–H and O–H groups in total. The summed E-state index contributed by atoms with van der Waals surface area (Å²) in [6.07, 6.45) is 12.9. The van der Waals surface area contributed by atoms with Crippen LogP contribution in [0.4, 0.5) is 0 Å². The molecule has 0 bridgehead atoms. The van der Waals surface area contributed by atoms with Crippen LogP contribution in [0.3, 0.4) is 0 Å². The second-order valence-electron chi connectivity index (χ2n) is 11.4. The van der Waals surface area contributed by atoms with Crippen molar-refractivity contribution in [2.45, 2.75) is 51.0 Å². The summed E-state index contributed by atoms with van der Waals surface area (Å²) in [7, 11) is 1.70. The standard InChI is InChI=1S/C40H44O10/c1-3-39(42)45-24-8-5-9-38(41)31-14-19-36(20-15-31)50-40(43)34-13-12-33-28-37(21-16-32(33)27-34)47-29-46-35-17-10-30(11-18-35)22-26-49-48-25-7-4-6-23-44-2/h3,10,12-21,26-28,38,41H,1,4-9,11,23-25,29H2,2H3. The van der Waals surface area contributed by atoms with Gasteiger partial charge in [0.1, 0.15) is 17.3 Å². The Morgan fingerprint density at radius 3 is 2.42 bits per heavy atom. The Hall–Kier alpha value is -5.12. The van der Waals surface area contributed by atoms with Gasteiger partial charge in [-0.3, -0.25) is 0 Å². The van der Waals surface area contributed by atoms with Crippen molar-refractivity contribution in [3.05, 3.63) is 126 Å². The first-order valence-corrected chi connectivity index (χ1v) is 16.6. The predicted octanol–water partition coefficient (Wildman–Crippen LogP) is 7.99. The average Bonchev–Trinajstić information content (AvgIpc) is 3.14. The molecular formula is C40H44O10. The maximum atomic E-state index is 12.9. The Morgan fingerprint density at radius 1 is 0.880 bits per heavy atom. The van der Waals surface area contributed by atoms with E-state index in [1.54, 1.807) is 43.5 Å². The monoisotopic (exact) mass is 684 g/mol. The smallest absolute Gasteiger partial charge is 0.343 e.